The Hall–Kier alpha value is -1.11. The molecule has 0 aliphatic heterocycles. The normalized spacial score (nSPS) is 17.4. The van der Waals surface area contributed by atoms with Crippen LogP contribution < -0.4 is 10.5 Å². The number of rotatable bonds is 3. The molecular weight excluding hydrogens is 300 g/mol. The van der Waals surface area contributed by atoms with Crippen LogP contribution in [0, 0.1) is 6.92 Å². The van der Waals surface area contributed by atoms with Crippen molar-refractivity contribution in [2.75, 3.05) is 0 Å². The molecule has 7 heteroatoms. The van der Waals surface area contributed by atoms with E-state index in [0.717, 1.165) is 19.3 Å². The maximum absolute atomic E-state index is 12.3. The highest BCUT2D eigenvalue weighted by atomic mass is 35.5. The maximum Gasteiger partial charge on any atom is 0.252 e. The minimum atomic E-state index is -3.90. The van der Waals surface area contributed by atoms with E-state index in [1.165, 1.54) is 12.1 Å². The van der Waals surface area contributed by atoms with Crippen LogP contribution in [0.5, 0.6) is 0 Å². The topological polar surface area (TPSA) is 89.3 Å². The van der Waals surface area contributed by atoms with Gasteiger partial charge in [-0.25, -0.2) is 13.6 Å². The van der Waals surface area contributed by atoms with Gasteiger partial charge in [-0.2, -0.15) is 0 Å². The molecule has 1 aliphatic rings. The zero-order chi connectivity index (χ0) is 15.1. The van der Waals surface area contributed by atoms with Gasteiger partial charge in [0.2, 0.25) is 10.0 Å². The number of halogens is 1. The van der Waals surface area contributed by atoms with Crippen molar-refractivity contribution in [2.45, 2.75) is 43.5 Å². The lowest BCUT2D eigenvalue weighted by molar-refractivity contribution is 0.0849. The molecule has 0 saturated heterocycles. The summed E-state index contributed by atoms with van der Waals surface area (Å²) >= 11 is 5.99. The number of carbonyl (C=O) groups excluding carboxylic acids is 1. The molecule has 0 spiro atoms. The Labute approximate surface area is 123 Å². The third kappa shape index (κ3) is 2.97. The predicted molar refractivity (Wildman–Crippen MR) is 77.3 cm³/mol. The van der Waals surface area contributed by atoms with E-state index in [2.05, 4.69) is 5.32 Å². The highest BCUT2D eigenvalue weighted by Gasteiger charge is 2.34. The van der Waals surface area contributed by atoms with E-state index in [9.17, 15) is 13.2 Å². The summed E-state index contributed by atoms with van der Waals surface area (Å²) in [6.45, 7) is 3.64. The Balaban J connectivity index is 2.40. The molecule has 0 aromatic heterocycles. The van der Waals surface area contributed by atoms with Crippen LogP contribution >= 0.6 is 11.6 Å². The lowest BCUT2D eigenvalue weighted by atomic mass is 9.78. The van der Waals surface area contributed by atoms with E-state index < -0.39 is 10.0 Å². The number of amides is 1. The summed E-state index contributed by atoms with van der Waals surface area (Å²) in [5.74, 6) is -0.322. The van der Waals surface area contributed by atoms with Crippen LogP contribution in [0.3, 0.4) is 0 Å². The fourth-order valence-electron chi connectivity index (χ4n) is 2.23. The molecule has 0 radical (unpaired) electrons. The van der Waals surface area contributed by atoms with Gasteiger partial charge in [-0.15, -0.1) is 0 Å². The van der Waals surface area contributed by atoms with Gasteiger partial charge in [0.25, 0.3) is 5.91 Å². The Bertz CT molecular complexity index is 666. The summed E-state index contributed by atoms with van der Waals surface area (Å²) in [4.78, 5) is 12.1. The molecule has 1 aromatic carbocycles. The predicted octanol–water partition coefficient (Wildman–Crippen LogP) is 1.97. The Kier molecular flexibility index (Phi) is 3.83. The lowest BCUT2D eigenvalue weighted by Gasteiger charge is -2.39. The van der Waals surface area contributed by atoms with Crippen molar-refractivity contribution in [3.8, 4) is 0 Å². The molecule has 0 heterocycles. The summed E-state index contributed by atoms with van der Waals surface area (Å²) < 4.78 is 22.8. The van der Waals surface area contributed by atoms with Crippen molar-refractivity contribution in [1.82, 2.24) is 5.32 Å². The van der Waals surface area contributed by atoms with E-state index in [1.54, 1.807) is 6.92 Å². The van der Waals surface area contributed by atoms with Crippen LogP contribution in [0.4, 0.5) is 0 Å². The number of nitrogens with one attached hydrogen (secondary N) is 1. The van der Waals surface area contributed by atoms with Gasteiger partial charge in [0.1, 0.15) is 0 Å². The second-order valence-electron chi connectivity index (χ2n) is 5.49. The van der Waals surface area contributed by atoms with Crippen molar-refractivity contribution in [3.63, 3.8) is 0 Å². The van der Waals surface area contributed by atoms with Crippen molar-refractivity contribution in [2.24, 2.45) is 5.14 Å². The third-order valence-corrected chi connectivity index (χ3v) is 5.05. The zero-order valence-electron chi connectivity index (χ0n) is 11.4. The highest BCUT2D eigenvalue weighted by molar-refractivity contribution is 7.89. The Morgan fingerprint density at radius 2 is 2.00 bits per heavy atom. The van der Waals surface area contributed by atoms with E-state index in [0.29, 0.717) is 5.56 Å². The number of primary sulfonamides is 1. The largest absolute Gasteiger partial charge is 0.347 e. The standard InChI is InChI=1S/C13H17ClN2O3S/c1-8-10(12(17)16-13(2)4-3-5-13)6-9(7-11(8)14)20(15,18)19/h6-7H,3-5H2,1-2H3,(H,16,17)(H2,15,18,19). The van der Waals surface area contributed by atoms with E-state index in [4.69, 9.17) is 16.7 Å². The first kappa shape index (κ1) is 15.3. The van der Waals surface area contributed by atoms with Crippen LogP contribution in [0.15, 0.2) is 17.0 Å². The highest BCUT2D eigenvalue weighted by Crippen LogP contribution is 2.32. The summed E-state index contributed by atoms with van der Waals surface area (Å²) in [7, 11) is -3.90. The molecule has 2 rings (SSSR count). The van der Waals surface area contributed by atoms with Gasteiger partial charge in [0.05, 0.1) is 4.90 Å². The van der Waals surface area contributed by atoms with Gasteiger partial charge >= 0.3 is 0 Å². The molecule has 1 amide bonds. The van der Waals surface area contributed by atoms with Gasteiger partial charge in [-0.05, 0) is 50.8 Å². The van der Waals surface area contributed by atoms with Crippen LogP contribution in [0.2, 0.25) is 5.02 Å². The summed E-state index contributed by atoms with van der Waals surface area (Å²) in [5, 5.41) is 8.22. The van der Waals surface area contributed by atoms with E-state index in [1.807, 2.05) is 6.92 Å². The molecule has 3 N–H and O–H groups in total. The van der Waals surface area contributed by atoms with Gasteiger partial charge in [0.15, 0.2) is 0 Å². The number of hydrogen-bond donors (Lipinski definition) is 2. The molecule has 20 heavy (non-hydrogen) atoms. The lowest BCUT2D eigenvalue weighted by Crippen LogP contribution is -2.51. The first-order valence-corrected chi connectivity index (χ1v) is 8.20. The molecule has 0 bridgehead atoms. The average Bonchev–Trinajstić information content (AvgIpc) is 2.28. The number of hydrogen-bond acceptors (Lipinski definition) is 3. The molecule has 1 aliphatic carbocycles. The quantitative estimate of drug-likeness (QED) is 0.893. The van der Waals surface area contributed by atoms with Gasteiger partial charge in [-0.3, -0.25) is 4.79 Å². The van der Waals surface area contributed by atoms with Crippen molar-refractivity contribution in [1.29, 1.82) is 0 Å². The average molecular weight is 317 g/mol. The molecular formula is C13H17ClN2O3S. The van der Waals surface area contributed by atoms with Crippen LogP contribution in [-0.2, 0) is 10.0 Å². The van der Waals surface area contributed by atoms with E-state index >= 15 is 0 Å². The minimum absolute atomic E-state index is 0.156. The summed E-state index contributed by atoms with van der Waals surface area (Å²) in [5.41, 5.74) is 0.572. The SMILES string of the molecule is Cc1c(Cl)cc(S(N)(=O)=O)cc1C(=O)NC1(C)CCC1. The Morgan fingerprint density at radius 1 is 1.40 bits per heavy atom. The third-order valence-electron chi connectivity index (χ3n) is 3.76. The first-order valence-electron chi connectivity index (χ1n) is 6.28. The van der Waals surface area contributed by atoms with Gasteiger partial charge in [0, 0.05) is 16.1 Å². The smallest absolute Gasteiger partial charge is 0.252 e. The van der Waals surface area contributed by atoms with Crippen molar-refractivity contribution < 1.29 is 13.2 Å². The van der Waals surface area contributed by atoms with Crippen molar-refractivity contribution >= 4 is 27.5 Å². The Morgan fingerprint density at radius 3 is 2.45 bits per heavy atom. The molecule has 110 valence electrons. The monoisotopic (exact) mass is 316 g/mol. The number of nitrogens with two attached hydrogens (primary N) is 1. The van der Waals surface area contributed by atoms with Crippen molar-refractivity contribution in [3.05, 3.63) is 28.3 Å². The zero-order valence-corrected chi connectivity index (χ0v) is 12.9. The second kappa shape index (κ2) is 5.02. The first-order chi connectivity index (χ1) is 9.12. The minimum Gasteiger partial charge on any atom is -0.347 e. The van der Waals surface area contributed by atoms with Crippen LogP contribution in [-0.4, -0.2) is 19.9 Å². The number of benzene rings is 1. The number of sulfonamides is 1. The summed E-state index contributed by atoms with van der Waals surface area (Å²) in [6.07, 6.45) is 2.91. The molecule has 1 fully saturated rings. The number of carbonyl (C=O) groups is 1. The molecule has 1 saturated carbocycles. The molecule has 0 unspecified atom stereocenters. The van der Waals surface area contributed by atoms with Crippen LogP contribution in [0.1, 0.15) is 42.1 Å². The van der Waals surface area contributed by atoms with Gasteiger partial charge in [-0.1, -0.05) is 11.6 Å². The molecule has 0 atom stereocenters. The van der Waals surface area contributed by atoms with E-state index in [-0.39, 0.29) is 26.9 Å². The summed E-state index contributed by atoms with van der Waals surface area (Å²) in [6, 6.07) is 2.53. The van der Waals surface area contributed by atoms with Crippen LogP contribution in [0.25, 0.3) is 0 Å². The molecule has 1 aromatic rings. The second-order valence-corrected chi connectivity index (χ2v) is 7.46. The van der Waals surface area contributed by atoms with Gasteiger partial charge < -0.3 is 5.32 Å². The fourth-order valence-corrected chi connectivity index (χ4v) is 3.08. The maximum atomic E-state index is 12.3. The fraction of sp³-hybridized carbons (Fsp3) is 0.462. The molecule has 5 nitrogen and oxygen atoms in total.